The Morgan fingerprint density at radius 3 is 2.69 bits per heavy atom. The van der Waals surface area contributed by atoms with Crippen LogP contribution in [0.3, 0.4) is 0 Å². The first-order chi connectivity index (χ1) is 15.0. The van der Waals surface area contributed by atoms with Crippen LogP contribution >= 0.6 is 0 Å². The monoisotopic (exact) mass is 444 g/mol. The number of esters is 1. The van der Waals surface area contributed by atoms with E-state index < -0.39 is 23.8 Å². The zero-order chi connectivity index (χ0) is 23.3. The molecule has 0 amide bonds. The summed E-state index contributed by atoms with van der Waals surface area (Å²) in [7, 11) is 0. The number of cyclic esters (lactones) is 1. The van der Waals surface area contributed by atoms with Crippen molar-refractivity contribution in [2.45, 2.75) is 102 Å². The number of hydrogen-bond acceptors (Lipinski definition) is 5. The van der Waals surface area contributed by atoms with Gasteiger partial charge in [-0.15, -0.1) is 0 Å². The van der Waals surface area contributed by atoms with E-state index in [1.54, 1.807) is 6.92 Å². The molecular weight excluding hydrogens is 404 g/mol. The minimum atomic E-state index is -1.34. The van der Waals surface area contributed by atoms with E-state index >= 15 is 0 Å². The van der Waals surface area contributed by atoms with E-state index in [2.05, 4.69) is 32.6 Å². The molecule has 4 fully saturated rings. The summed E-state index contributed by atoms with van der Waals surface area (Å²) in [5, 5.41) is 30.4. The van der Waals surface area contributed by atoms with Crippen LogP contribution in [-0.4, -0.2) is 45.2 Å². The van der Waals surface area contributed by atoms with Crippen LogP contribution in [0.4, 0.5) is 0 Å². The van der Waals surface area contributed by atoms with Crippen molar-refractivity contribution in [3.63, 3.8) is 0 Å². The van der Waals surface area contributed by atoms with Gasteiger partial charge < -0.3 is 20.1 Å². The molecule has 0 bridgehead atoms. The largest absolute Gasteiger partial charge is 0.460 e. The SMILES string of the molecule is C=C1/C(=C\C=C2/CCC[C@]3(C)[C@@H]([C@H](C)C[C@@H]4C[C@@](C)(O)C(=O)O4)CC[C@@H]23)C[C@@H](O)C[C@@H]1O. The van der Waals surface area contributed by atoms with E-state index in [0.29, 0.717) is 37.0 Å². The molecule has 1 aliphatic heterocycles. The second-order valence-corrected chi connectivity index (χ2v) is 11.4. The van der Waals surface area contributed by atoms with Gasteiger partial charge in [-0.3, -0.25) is 0 Å². The molecule has 1 saturated heterocycles. The minimum absolute atomic E-state index is 0.186. The second-order valence-electron chi connectivity index (χ2n) is 11.4. The molecule has 1 heterocycles. The van der Waals surface area contributed by atoms with Crippen LogP contribution in [0, 0.1) is 23.2 Å². The normalized spacial score (nSPS) is 45.9. The number of ether oxygens (including phenoxy) is 1. The Bertz CT molecular complexity index is 824. The van der Waals surface area contributed by atoms with Crippen molar-refractivity contribution in [1.82, 2.24) is 0 Å². The lowest BCUT2D eigenvalue weighted by Crippen LogP contribution is -2.36. The summed E-state index contributed by atoms with van der Waals surface area (Å²) in [6, 6.07) is 0. The molecule has 5 heteroatoms. The second kappa shape index (κ2) is 8.73. The van der Waals surface area contributed by atoms with E-state index in [1.807, 2.05) is 0 Å². The lowest BCUT2D eigenvalue weighted by molar-refractivity contribution is -0.154. The summed E-state index contributed by atoms with van der Waals surface area (Å²) < 4.78 is 5.47. The van der Waals surface area contributed by atoms with Gasteiger partial charge in [0.2, 0.25) is 0 Å². The van der Waals surface area contributed by atoms with Gasteiger partial charge in [0.25, 0.3) is 0 Å². The highest BCUT2D eigenvalue weighted by molar-refractivity contribution is 5.80. The first kappa shape index (κ1) is 23.7. The topological polar surface area (TPSA) is 87.0 Å². The average Bonchev–Trinajstić information content (AvgIpc) is 3.18. The van der Waals surface area contributed by atoms with Crippen LogP contribution in [-0.2, 0) is 9.53 Å². The lowest BCUT2D eigenvalue weighted by atomic mass is 9.60. The van der Waals surface area contributed by atoms with E-state index in [0.717, 1.165) is 24.0 Å². The van der Waals surface area contributed by atoms with Crippen molar-refractivity contribution in [3.05, 3.63) is 35.5 Å². The van der Waals surface area contributed by atoms with Gasteiger partial charge in [0, 0.05) is 12.8 Å². The summed E-state index contributed by atoms with van der Waals surface area (Å²) in [4.78, 5) is 11.9. The molecule has 32 heavy (non-hydrogen) atoms. The van der Waals surface area contributed by atoms with Crippen LogP contribution in [0.2, 0.25) is 0 Å². The summed E-state index contributed by atoms with van der Waals surface area (Å²) in [5.74, 6) is 1.06. The molecule has 8 atom stereocenters. The molecule has 0 aromatic rings. The Kier molecular flexibility index (Phi) is 6.47. The van der Waals surface area contributed by atoms with Crippen LogP contribution in [0.5, 0.6) is 0 Å². The third-order valence-electron chi connectivity index (χ3n) is 8.96. The first-order valence-corrected chi connectivity index (χ1v) is 12.4. The average molecular weight is 445 g/mol. The van der Waals surface area contributed by atoms with Crippen molar-refractivity contribution in [2.24, 2.45) is 23.2 Å². The molecule has 0 aromatic carbocycles. The fraction of sp³-hybridized carbons (Fsp3) is 0.741. The van der Waals surface area contributed by atoms with E-state index in [1.165, 1.54) is 31.3 Å². The first-order valence-electron chi connectivity index (χ1n) is 12.4. The summed E-state index contributed by atoms with van der Waals surface area (Å²) in [6.07, 6.45) is 11.0. The van der Waals surface area contributed by atoms with Gasteiger partial charge in [0.05, 0.1) is 12.2 Å². The molecule has 0 aromatic heterocycles. The van der Waals surface area contributed by atoms with E-state index in [9.17, 15) is 20.1 Å². The summed E-state index contributed by atoms with van der Waals surface area (Å²) in [5.41, 5.74) is 2.08. The molecule has 0 spiro atoms. The fourth-order valence-corrected chi connectivity index (χ4v) is 7.24. The van der Waals surface area contributed by atoms with Crippen molar-refractivity contribution in [1.29, 1.82) is 0 Å². The van der Waals surface area contributed by atoms with Gasteiger partial charge in [-0.2, -0.15) is 0 Å². The number of aliphatic hydroxyl groups is 3. The fourth-order valence-electron chi connectivity index (χ4n) is 7.24. The number of rotatable bonds is 4. The highest BCUT2D eigenvalue weighted by Crippen LogP contribution is 2.60. The van der Waals surface area contributed by atoms with Crippen LogP contribution in [0.1, 0.15) is 78.6 Å². The third kappa shape index (κ3) is 4.36. The van der Waals surface area contributed by atoms with Crippen molar-refractivity contribution in [3.8, 4) is 0 Å². The molecule has 0 unspecified atom stereocenters. The quantitative estimate of drug-likeness (QED) is 0.565. The Balaban J connectivity index is 1.47. The smallest absolute Gasteiger partial charge is 0.338 e. The molecule has 3 N–H and O–H groups in total. The molecule has 3 aliphatic carbocycles. The minimum Gasteiger partial charge on any atom is -0.460 e. The van der Waals surface area contributed by atoms with E-state index in [4.69, 9.17) is 4.74 Å². The Morgan fingerprint density at radius 1 is 1.25 bits per heavy atom. The van der Waals surface area contributed by atoms with Gasteiger partial charge in [-0.1, -0.05) is 38.2 Å². The Hall–Kier alpha value is -1.43. The van der Waals surface area contributed by atoms with Gasteiger partial charge in [0.15, 0.2) is 5.60 Å². The number of allylic oxidation sites excluding steroid dienone is 3. The summed E-state index contributed by atoms with van der Waals surface area (Å²) in [6.45, 7) is 10.3. The maximum absolute atomic E-state index is 11.9. The van der Waals surface area contributed by atoms with Gasteiger partial charge in [0.1, 0.15) is 6.10 Å². The third-order valence-corrected chi connectivity index (χ3v) is 8.96. The zero-order valence-electron chi connectivity index (χ0n) is 19.8. The number of aliphatic hydroxyl groups excluding tert-OH is 2. The highest BCUT2D eigenvalue weighted by atomic mass is 16.6. The van der Waals surface area contributed by atoms with Crippen molar-refractivity contribution in [2.75, 3.05) is 0 Å². The van der Waals surface area contributed by atoms with E-state index in [-0.39, 0.29) is 11.5 Å². The number of carbonyl (C=O) groups excluding carboxylic acids is 1. The molecule has 178 valence electrons. The molecule has 4 aliphatic rings. The van der Waals surface area contributed by atoms with Crippen LogP contribution in [0.25, 0.3) is 0 Å². The van der Waals surface area contributed by atoms with Crippen LogP contribution in [0.15, 0.2) is 35.5 Å². The molecular formula is C27H40O5. The Labute approximate surface area is 192 Å². The lowest BCUT2D eigenvalue weighted by Gasteiger charge is -2.44. The zero-order valence-corrected chi connectivity index (χ0v) is 19.8. The Morgan fingerprint density at radius 2 is 2.00 bits per heavy atom. The van der Waals surface area contributed by atoms with Crippen molar-refractivity contribution < 1.29 is 24.9 Å². The maximum atomic E-state index is 11.9. The molecule has 4 rings (SSSR count). The maximum Gasteiger partial charge on any atom is 0.338 e. The van der Waals surface area contributed by atoms with Gasteiger partial charge >= 0.3 is 5.97 Å². The molecule has 5 nitrogen and oxygen atoms in total. The number of hydrogen-bond donors (Lipinski definition) is 3. The van der Waals surface area contributed by atoms with Gasteiger partial charge in [-0.05, 0) is 86.2 Å². The standard InChI is InChI=1S/C27H40O5/c1-16(12-21-15-27(4,31)25(30)32-21)22-9-10-23-18(6-5-11-26(22,23)3)7-8-19-13-20(28)14-24(29)17(19)2/h7-8,16,20-24,28-29,31H,2,5-6,9-15H2,1,3-4H3/b18-7+,19-8-/t16-,20-,21-,22-,23+,24+,26-,27-/m1/s1. The predicted molar refractivity (Wildman–Crippen MR) is 124 cm³/mol. The highest BCUT2D eigenvalue weighted by Gasteiger charge is 2.52. The van der Waals surface area contributed by atoms with Crippen molar-refractivity contribution >= 4 is 5.97 Å². The number of carbonyl (C=O) groups is 1. The van der Waals surface area contributed by atoms with Gasteiger partial charge in [-0.25, -0.2) is 4.79 Å². The molecule has 3 saturated carbocycles. The summed E-state index contributed by atoms with van der Waals surface area (Å²) >= 11 is 0. The predicted octanol–water partition coefficient (Wildman–Crippen LogP) is 4.22. The van der Waals surface area contributed by atoms with Crippen LogP contribution < -0.4 is 0 Å². The molecule has 0 radical (unpaired) electrons. The number of fused-ring (bicyclic) bond motifs is 1.